The Morgan fingerprint density at radius 3 is 1.96 bits per heavy atom. The number of thiocarbonyl (C=S) groups is 1. The van der Waals surface area contributed by atoms with Crippen LogP contribution in [0.4, 0.5) is 0 Å². The third-order valence-electron chi connectivity index (χ3n) is 3.41. The van der Waals surface area contributed by atoms with E-state index < -0.39 is 0 Å². The minimum absolute atomic E-state index is 0.0761. The predicted octanol–water partition coefficient (Wildman–Crippen LogP) is 3.13. The van der Waals surface area contributed by atoms with E-state index >= 15 is 0 Å². The van der Waals surface area contributed by atoms with Gasteiger partial charge >= 0.3 is 5.97 Å². The normalized spacial score (nSPS) is 10.0. The highest BCUT2D eigenvalue weighted by atomic mass is 32.1. The van der Waals surface area contributed by atoms with Gasteiger partial charge in [0.05, 0.1) is 6.61 Å². The molecule has 2 rings (SSSR count). The molecule has 0 saturated heterocycles. The summed E-state index contributed by atoms with van der Waals surface area (Å²) in [4.78, 5) is 13.6. The Kier molecular flexibility index (Phi) is 7.23. The summed E-state index contributed by atoms with van der Waals surface area (Å²) in [5.41, 5.74) is 2.32. The van der Waals surface area contributed by atoms with Crippen molar-refractivity contribution in [2.75, 3.05) is 13.2 Å². The van der Waals surface area contributed by atoms with E-state index in [9.17, 15) is 4.79 Å². The van der Waals surface area contributed by atoms with Gasteiger partial charge < -0.3 is 15.0 Å². The van der Waals surface area contributed by atoms with Gasteiger partial charge in [-0.05, 0) is 30.3 Å². The van der Waals surface area contributed by atoms with Gasteiger partial charge in [0.15, 0.2) is 5.11 Å². The summed E-state index contributed by atoms with van der Waals surface area (Å²) in [6, 6.07) is 20.2. The molecule has 0 saturated carbocycles. The Bertz CT molecular complexity index is 605. The fourth-order valence-electron chi connectivity index (χ4n) is 2.28. The summed E-state index contributed by atoms with van der Waals surface area (Å²) in [5, 5.41) is 3.53. The highest BCUT2D eigenvalue weighted by molar-refractivity contribution is 7.80. The zero-order chi connectivity index (χ0) is 17.2. The molecule has 24 heavy (non-hydrogen) atoms. The zero-order valence-corrected chi connectivity index (χ0v) is 14.6. The summed E-state index contributed by atoms with van der Waals surface area (Å²) in [5.74, 6) is -0.306. The van der Waals surface area contributed by atoms with E-state index in [2.05, 4.69) is 29.6 Å². The van der Waals surface area contributed by atoms with Gasteiger partial charge in [-0.3, -0.25) is 4.79 Å². The van der Waals surface area contributed by atoms with Crippen molar-refractivity contribution >= 4 is 23.3 Å². The number of hydrogen-bond donors (Lipinski definition) is 1. The molecule has 5 heteroatoms. The van der Waals surface area contributed by atoms with Crippen LogP contribution in [0.2, 0.25) is 0 Å². The Morgan fingerprint density at radius 2 is 1.50 bits per heavy atom. The molecule has 126 valence electrons. The Morgan fingerprint density at radius 1 is 1.00 bits per heavy atom. The van der Waals surface area contributed by atoms with Crippen LogP contribution < -0.4 is 5.32 Å². The van der Waals surface area contributed by atoms with Crippen LogP contribution >= 0.6 is 12.2 Å². The van der Waals surface area contributed by atoms with Crippen LogP contribution in [-0.4, -0.2) is 29.1 Å². The number of ether oxygens (including phenoxy) is 1. The van der Waals surface area contributed by atoms with Crippen molar-refractivity contribution in [1.82, 2.24) is 10.2 Å². The Labute approximate surface area is 148 Å². The molecule has 0 radical (unpaired) electrons. The molecule has 4 nitrogen and oxygen atoms in total. The summed E-state index contributed by atoms with van der Waals surface area (Å²) >= 11 is 5.48. The molecule has 2 aromatic rings. The highest BCUT2D eigenvalue weighted by Crippen LogP contribution is 2.10. The molecule has 0 aliphatic heterocycles. The average Bonchev–Trinajstić information content (AvgIpc) is 2.61. The van der Waals surface area contributed by atoms with Gasteiger partial charge in [-0.15, -0.1) is 0 Å². The molecular weight excluding hydrogens is 320 g/mol. The number of rotatable bonds is 7. The summed E-state index contributed by atoms with van der Waals surface area (Å²) in [7, 11) is 0. The van der Waals surface area contributed by atoms with E-state index in [0.29, 0.717) is 24.8 Å². The second-order valence-corrected chi connectivity index (χ2v) is 5.68. The van der Waals surface area contributed by atoms with E-state index in [-0.39, 0.29) is 12.5 Å². The molecule has 0 amide bonds. The predicted molar refractivity (Wildman–Crippen MR) is 99.4 cm³/mol. The topological polar surface area (TPSA) is 41.6 Å². The largest absolute Gasteiger partial charge is 0.465 e. The van der Waals surface area contributed by atoms with Crippen LogP contribution in [0.5, 0.6) is 0 Å². The summed E-state index contributed by atoms with van der Waals surface area (Å²) < 4.78 is 4.93. The van der Waals surface area contributed by atoms with E-state index in [1.165, 1.54) is 0 Å². The number of hydrogen-bond acceptors (Lipinski definition) is 3. The van der Waals surface area contributed by atoms with Gasteiger partial charge in [0.2, 0.25) is 0 Å². The summed E-state index contributed by atoms with van der Waals surface area (Å²) in [6.07, 6.45) is 0. The molecule has 0 unspecified atom stereocenters. The van der Waals surface area contributed by atoms with Gasteiger partial charge in [0.1, 0.15) is 6.54 Å². The first-order chi connectivity index (χ1) is 11.7. The lowest BCUT2D eigenvalue weighted by Gasteiger charge is -2.26. The third-order valence-corrected chi connectivity index (χ3v) is 3.81. The van der Waals surface area contributed by atoms with Crippen molar-refractivity contribution in [3.63, 3.8) is 0 Å². The smallest absolute Gasteiger partial charge is 0.325 e. The molecule has 0 aliphatic carbocycles. The summed E-state index contributed by atoms with van der Waals surface area (Å²) in [6.45, 7) is 3.57. The Balaban J connectivity index is 2.03. The SMILES string of the molecule is CCOC(=O)CNC(=S)N(Cc1ccccc1)Cc1ccccc1. The molecule has 0 spiro atoms. The maximum atomic E-state index is 11.5. The van der Waals surface area contributed by atoms with Crippen LogP contribution in [0.15, 0.2) is 60.7 Å². The second kappa shape index (κ2) is 9.67. The standard InChI is InChI=1S/C19H22N2O2S/c1-2-23-18(22)13-20-19(24)21(14-16-9-5-3-6-10-16)15-17-11-7-4-8-12-17/h3-12H,2,13-15H2,1H3,(H,20,24). The monoisotopic (exact) mass is 342 g/mol. The van der Waals surface area contributed by atoms with Crippen LogP contribution in [0, 0.1) is 0 Å². The van der Waals surface area contributed by atoms with Gasteiger partial charge in [-0.2, -0.15) is 0 Å². The number of carbonyl (C=O) groups is 1. The van der Waals surface area contributed by atoms with Crippen molar-refractivity contribution in [3.8, 4) is 0 Å². The molecule has 2 aromatic carbocycles. The average molecular weight is 342 g/mol. The van der Waals surface area contributed by atoms with Crippen LogP contribution in [0.1, 0.15) is 18.1 Å². The Hall–Kier alpha value is -2.40. The van der Waals surface area contributed by atoms with E-state index in [1.807, 2.05) is 41.3 Å². The van der Waals surface area contributed by atoms with Gasteiger partial charge in [-0.1, -0.05) is 60.7 Å². The molecule has 0 heterocycles. The zero-order valence-electron chi connectivity index (χ0n) is 13.8. The third kappa shape index (κ3) is 6.01. The number of benzene rings is 2. The van der Waals surface area contributed by atoms with Gasteiger partial charge in [-0.25, -0.2) is 0 Å². The van der Waals surface area contributed by atoms with E-state index in [4.69, 9.17) is 17.0 Å². The van der Waals surface area contributed by atoms with Crippen molar-refractivity contribution in [1.29, 1.82) is 0 Å². The minimum Gasteiger partial charge on any atom is -0.465 e. The fraction of sp³-hybridized carbons (Fsp3) is 0.263. The van der Waals surface area contributed by atoms with Gasteiger partial charge in [0.25, 0.3) is 0 Å². The molecule has 0 bridgehead atoms. The number of esters is 1. The first-order valence-electron chi connectivity index (χ1n) is 7.95. The van der Waals surface area contributed by atoms with Crippen molar-refractivity contribution in [3.05, 3.63) is 71.8 Å². The van der Waals surface area contributed by atoms with Crippen molar-refractivity contribution in [2.24, 2.45) is 0 Å². The lowest BCUT2D eigenvalue weighted by Crippen LogP contribution is -2.41. The quantitative estimate of drug-likeness (QED) is 0.618. The van der Waals surface area contributed by atoms with Crippen molar-refractivity contribution < 1.29 is 9.53 Å². The first kappa shape index (κ1) is 17.9. The molecule has 1 N–H and O–H groups in total. The van der Waals surface area contributed by atoms with E-state index in [0.717, 1.165) is 11.1 Å². The number of nitrogens with zero attached hydrogens (tertiary/aromatic N) is 1. The molecule has 0 atom stereocenters. The van der Waals surface area contributed by atoms with Crippen LogP contribution in [0.3, 0.4) is 0 Å². The lowest BCUT2D eigenvalue weighted by atomic mass is 10.2. The van der Waals surface area contributed by atoms with Gasteiger partial charge in [0, 0.05) is 13.1 Å². The fourth-order valence-corrected chi connectivity index (χ4v) is 2.48. The lowest BCUT2D eigenvalue weighted by molar-refractivity contribution is -0.141. The minimum atomic E-state index is -0.306. The molecule has 0 aromatic heterocycles. The maximum Gasteiger partial charge on any atom is 0.325 e. The second-order valence-electron chi connectivity index (χ2n) is 5.29. The highest BCUT2D eigenvalue weighted by Gasteiger charge is 2.12. The maximum absolute atomic E-state index is 11.5. The molecular formula is C19H22N2O2S. The first-order valence-corrected chi connectivity index (χ1v) is 8.36. The number of nitrogens with one attached hydrogen (secondary N) is 1. The van der Waals surface area contributed by atoms with E-state index in [1.54, 1.807) is 6.92 Å². The molecule has 0 fully saturated rings. The van der Waals surface area contributed by atoms with Crippen LogP contribution in [0.25, 0.3) is 0 Å². The van der Waals surface area contributed by atoms with Crippen LogP contribution in [-0.2, 0) is 22.6 Å². The molecule has 0 aliphatic rings. The number of carbonyl (C=O) groups excluding carboxylic acids is 1. The van der Waals surface area contributed by atoms with Crippen molar-refractivity contribution in [2.45, 2.75) is 20.0 Å².